The van der Waals surface area contributed by atoms with Crippen LogP contribution in [0, 0.1) is 5.41 Å². The van der Waals surface area contributed by atoms with Crippen molar-refractivity contribution in [1.29, 1.82) is 0 Å². The Morgan fingerprint density at radius 2 is 2.07 bits per heavy atom. The molecule has 1 saturated carbocycles. The van der Waals surface area contributed by atoms with Crippen molar-refractivity contribution in [3.05, 3.63) is 34.9 Å². The lowest BCUT2D eigenvalue weighted by atomic mass is 9.90. The Hall–Kier alpha value is -0.530. The number of benzene rings is 1. The largest absolute Gasteiger partial charge is 0.388 e. The van der Waals surface area contributed by atoms with E-state index < -0.39 is 0 Å². The summed E-state index contributed by atoms with van der Waals surface area (Å²) in [4.78, 5) is 0. The number of rotatable bonds is 3. The summed E-state index contributed by atoms with van der Waals surface area (Å²) in [5.74, 6) is 0. The Morgan fingerprint density at radius 1 is 1.43 bits per heavy atom. The maximum absolute atomic E-state index is 10.2. The first kappa shape index (κ1) is 10.0. The molecule has 0 saturated heterocycles. The van der Waals surface area contributed by atoms with Crippen molar-refractivity contribution in [2.45, 2.75) is 32.3 Å². The Morgan fingerprint density at radius 3 is 2.57 bits per heavy atom. The average Bonchev–Trinajstić information content (AvgIpc) is 2.98. The van der Waals surface area contributed by atoms with Gasteiger partial charge in [-0.2, -0.15) is 0 Å². The van der Waals surface area contributed by atoms with Crippen molar-refractivity contribution in [2.24, 2.45) is 5.41 Å². The zero-order valence-electron chi connectivity index (χ0n) is 8.33. The van der Waals surface area contributed by atoms with Crippen LogP contribution in [0.2, 0.25) is 5.02 Å². The van der Waals surface area contributed by atoms with Crippen molar-refractivity contribution >= 4 is 11.6 Å². The Balaban J connectivity index is 2.27. The molecule has 1 aromatic carbocycles. The minimum atomic E-state index is -0.388. The minimum absolute atomic E-state index is 0.116. The van der Waals surface area contributed by atoms with Crippen molar-refractivity contribution in [3.8, 4) is 0 Å². The van der Waals surface area contributed by atoms with Crippen LogP contribution in [0.3, 0.4) is 0 Å². The highest BCUT2D eigenvalue weighted by Gasteiger charge is 2.48. The van der Waals surface area contributed by atoms with Crippen LogP contribution in [-0.4, -0.2) is 5.11 Å². The predicted molar refractivity (Wildman–Crippen MR) is 58.4 cm³/mol. The molecular formula is C12H15ClO. The van der Waals surface area contributed by atoms with Crippen molar-refractivity contribution in [1.82, 2.24) is 0 Å². The molecule has 76 valence electrons. The number of halogens is 1. The van der Waals surface area contributed by atoms with E-state index in [4.69, 9.17) is 11.6 Å². The fourth-order valence-corrected chi connectivity index (χ4v) is 2.25. The first-order valence-corrected chi connectivity index (χ1v) is 5.50. The monoisotopic (exact) mass is 210 g/mol. The fraction of sp³-hybridized carbons (Fsp3) is 0.500. The maximum Gasteiger partial charge on any atom is 0.0860 e. The van der Waals surface area contributed by atoms with Gasteiger partial charge in [-0.05, 0) is 30.9 Å². The third kappa shape index (κ3) is 1.55. The van der Waals surface area contributed by atoms with E-state index in [1.807, 2.05) is 24.3 Å². The van der Waals surface area contributed by atoms with Gasteiger partial charge in [0.2, 0.25) is 0 Å². The molecule has 2 rings (SSSR count). The lowest BCUT2D eigenvalue weighted by Crippen LogP contribution is -2.12. The van der Waals surface area contributed by atoms with Gasteiger partial charge in [0.15, 0.2) is 0 Å². The van der Waals surface area contributed by atoms with E-state index in [-0.39, 0.29) is 11.5 Å². The van der Waals surface area contributed by atoms with Gasteiger partial charge in [0.1, 0.15) is 0 Å². The molecule has 1 aromatic rings. The maximum atomic E-state index is 10.2. The van der Waals surface area contributed by atoms with Crippen LogP contribution in [0.5, 0.6) is 0 Å². The number of hydrogen-bond acceptors (Lipinski definition) is 1. The van der Waals surface area contributed by atoms with Crippen LogP contribution in [0.4, 0.5) is 0 Å². The standard InChI is InChI=1S/C12H15ClO/c1-2-12(7-8-12)11(14)9-5-3-4-6-10(9)13/h3-6,11,14H,2,7-8H2,1H3. The molecule has 0 spiro atoms. The Labute approximate surface area is 89.7 Å². The van der Waals surface area contributed by atoms with E-state index >= 15 is 0 Å². The van der Waals surface area contributed by atoms with Crippen LogP contribution in [0.1, 0.15) is 37.9 Å². The van der Waals surface area contributed by atoms with Gasteiger partial charge in [-0.3, -0.25) is 0 Å². The van der Waals surface area contributed by atoms with Crippen molar-refractivity contribution in [2.75, 3.05) is 0 Å². The summed E-state index contributed by atoms with van der Waals surface area (Å²) in [6, 6.07) is 7.58. The van der Waals surface area contributed by atoms with Crippen molar-refractivity contribution in [3.63, 3.8) is 0 Å². The second-order valence-corrected chi connectivity index (χ2v) is 4.55. The summed E-state index contributed by atoms with van der Waals surface area (Å²) in [6.45, 7) is 2.13. The molecule has 1 atom stereocenters. The van der Waals surface area contributed by atoms with E-state index in [0.29, 0.717) is 5.02 Å². The third-order valence-electron chi connectivity index (χ3n) is 3.38. The summed E-state index contributed by atoms with van der Waals surface area (Å²) in [5, 5.41) is 10.9. The molecule has 0 amide bonds. The molecule has 0 aliphatic heterocycles. The molecular weight excluding hydrogens is 196 g/mol. The first-order chi connectivity index (χ1) is 6.69. The number of aliphatic hydroxyl groups is 1. The minimum Gasteiger partial charge on any atom is -0.388 e. The number of aliphatic hydroxyl groups excluding tert-OH is 1. The van der Waals surface area contributed by atoms with Gasteiger partial charge in [0.05, 0.1) is 6.10 Å². The quantitative estimate of drug-likeness (QED) is 0.809. The van der Waals surface area contributed by atoms with Crippen LogP contribution in [-0.2, 0) is 0 Å². The molecule has 1 nitrogen and oxygen atoms in total. The highest BCUT2D eigenvalue weighted by Crippen LogP contribution is 2.57. The molecule has 0 aromatic heterocycles. The van der Waals surface area contributed by atoms with Gasteiger partial charge >= 0.3 is 0 Å². The molecule has 2 heteroatoms. The Kier molecular flexibility index (Phi) is 2.54. The van der Waals surface area contributed by atoms with E-state index in [1.165, 1.54) is 0 Å². The molecule has 1 aliphatic carbocycles. The average molecular weight is 211 g/mol. The van der Waals surface area contributed by atoms with E-state index in [0.717, 1.165) is 24.8 Å². The molecule has 1 unspecified atom stereocenters. The molecule has 0 radical (unpaired) electrons. The summed E-state index contributed by atoms with van der Waals surface area (Å²) >= 11 is 6.05. The van der Waals surface area contributed by atoms with Crippen LogP contribution in [0.25, 0.3) is 0 Å². The van der Waals surface area contributed by atoms with Gasteiger partial charge < -0.3 is 5.11 Å². The fourth-order valence-electron chi connectivity index (χ4n) is 2.01. The number of hydrogen-bond donors (Lipinski definition) is 1. The van der Waals surface area contributed by atoms with Gasteiger partial charge in [0, 0.05) is 10.4 Å². The zero-order chi connectivity index (χ0) is 10.2. The smallest absolute Gasteiger partial charge is 0.0860 e. The van der Waals surface area contributed by atoms with Gasteiger partial charge in [-0.15, -0.1) is 0 Å². The second kappa shape index (κ2) is 3.56. The summed E-state index contributed by atoms with van der Waals surface area (Å²) in [5.41, 5.74) is 0.999. The summed E-state index contributed by atoms with van der Waals surface area (Å²) < 4.78 is 0. The Bertz CT molecular complexity index is 331. The van der Waals surface area contributed by atoms with Gasteiger partial charge in [-0.25, -0.2) is 0 Å². The van der Waals surface area contributed by atoms with Gasteiger partial charge in [-0.1, -0.05) is 36.7 Å². The van der Waals surface area contributed by atoms with Crippen molar-refractivity contribution < 1.29 is 5.11 Å². The molecule has 1 aliphatic rings. The van der Waals surface area contributed by atoms with Crippen LogP contribution >= 0.6 is 11.6 Å². The highest BCUT2D eigenvalue weighted by molar-refractivity contribution is 6.31. The van der Waals surface area contributed by atoms with Gasteiger partial charge in [0.25, 0.3) is 0 Å². The van der Waals surface area contributed by atoms with Crippen LogP contribution in [0.15, 0.2) is 24.3 Å². The lowest BCUT2D eigenvalue weighted by molar-refractivity contribution is 0.0903. The molecule has 14 heavy (non-hydrogen) atoms. The third-order valence-corrected chi connectivity index (χ3v) is 3.72. The highest BCUT2D eigenvalue weighted by atomic mass is 35.5. The van der Waals surface area contributed by atoms with E-state index in [9.17, 15) is 5.11 Å². The molecule has 0 heterocycles. The SMILES string of the molecule is CCC1(C(O)c2ccccc2Cl)CC1. The van der Waals surface area contributed by atoms with E-state index in [1.54, 1.807) is 0 Å². The first-order valence-electron chi connectivity index (χ1n) is 5.12. The zero-order valence-corrected chi connectivity index (χ0v) is 9.09. The summed E-state index contributed by atoms with van der Waals surface area (Å²) in [6.07, 6.45) is 2.88. The van der Waals surface area contributed by atoms with E-state index in [2.05, 4.69) is 6.92 Å². The lowest BCUT2D eigenvalue weighted by Gasteiger charge is -2.21. The molecule has 1 fully saturated rings. The molecule has 0 bridgehead atoms. The summed E-state index contributed by atoms with van der Waals surface area (Å²) in [7, 11) is 0. The topological polar surface area (TPSA) is 20.2 Å². The molecule has 1 N–H and O–H groups in total. The van der Waals surface area contributed by atoms with Crippen LogP contribution < -0.4 is 0 Å². The second-order valence-electron chi connectivity index (χ2n) is 4.14. The predicted octanol–water partition coefficient (Wildman–Crippen LogP) is 3.56. The normalized spacial score (nSPS) is 20.5.